The van der Waals surface area contributed by atoms with E-state index in [0.717, 1.165) is 25.6 Å². The number of benzene rings is 1. The molecule has 2 aromatic rings. The van der Waals surface area contributed by atoms with Crippen LogP contribution in [0.15, 0.2) is 23.0 Å². The summed E-state index contributed by atoms with van der Waals surface area (Å²) >= 11 is 5.76. The lowest BCUT2D eigenvalue weighted by Gasteiger charge is -2.35. The highest BCUT2D eigenvalue weighted by atomic mass is 35.5. The molecule has 31 heavy (non-hydrogen) atoms. The van der Waals surface area contributed by atoms with Gasteiger partial charge in [0, 0.05) is 25.2 Å². The lowest BCUT2D eigenvalue weighted by molar-refractivity contribution is -0.123. The number of piperidine rings is 1. The number of fused-ring (bicyclic) bond motifs is 1. The van der Waals surface area contributed by atoms with E-state index in [1.807, 2.05) is 4.90 Å². The Bertz CT molecular complexity index is 1090. The van der Waals surface area contributed by atoms with Crippen LogP contribution in [-0.4, -0.2) is 34.9 Å². The van der Waals surface area contributed by atoms with Crippen molar-refractivity contribution in [1.29, 1.82) is 0 Å². The predicted octanol–water partition coefficient (Wildman–Crippen LogP) is 3.11. The fourth-order valence-corrected chi connectivity index (χ4v) is 4.55. The Labute approximate surface area is 183 Å². The zero-order chi connectivity index (χ0) is 22.3. The van der Waals surface area contributed by atoms with Crippen LogP contribution in [-0.2, 0) is 9.59 Å². The maximum absolute atomic E-state index is 13.4. The minimum atomic E-state index is -1.03. The monoisotopic (exact) mass is 447 g/mol. The molecular weight excluding hydrogens is 425 g/mol. The van der Waals surface area contributed by atoms with Gasteiger partial charge in [-0.1, -0.05) is 25.4 Å². The highest BCUT2D eigenvalue weighted by molar-refractivity contribution is 6.31. The van der Waals surface area contributed by atoms with Gasteiger partial charge in [-0.05, 0) is 36.5 Å². The molecule has 1 aromatic heterocycles. The topological polar surface area (TPSA) is 107 Å². The van der Waals surface area contributed by atoms with Crippen molar-refractivity contribution in [1.82, 2.24) is 9.97 Å². The van der Waals surface area contributed by atoms with Crippen molar-refractivity contribution in [2.45, 2.75) is 32.6 Å². The molecule has 2 aliphatic heterocycles. The van der Waals surface area contributed by atoms with Crippen molar-refractivity contribution < 1.29 is 14.0 Å². The summed E-state index contributed by atoms with van der Waals surface area (Å²) in [5.41, 5.74) is -0.100. The highest BCUT2D eigenvalue weighted by Crippen LogP contribution is 2.32. The number of hydrogen-bond acceptors (Lipinski definition) is 5. The molecule has 1 saturated heterocycles. The minimum Gasteiger partial charge on any atom is -0.342 e. The third kappa shape index (κ3) is 4.41. The molecule has 2 aliphatic rings. The van der Waals surface area contributed by atoms with E-state index in [1.165, 1.54) is 12.1 Å². The van der Waals surface area contributed by atoms with Gasteiger partial charge < -0.3 is 15.5 Å². The Morgan fingerprint density at radius 1 is 1.26 bits per heavy atom. The molecule has 2 amide bonds. The zero-order valence-electron chi connectivity index (χ0n) is 17.2. The highest BCUT2D eigenvalue weighted by Gasteiger charge is 2.35. The number of H-pyrrole nitrogens is 1. The Balaban J connectivity index is 1.64. The van der Waals surface area contributed by atoms with E-state index in [2.05, 4.69) is 34.4 Å². The van der Waals surface area contributed by atoms with Gasteiger partial charge in [0.1, 0.15) is 11.6 Å². The number of aromatic amines is 1. The number of halogens is 2. The minimum absolute atomic E-state index is 0.0955. The second kappa shape index (κ2) is 8.30. The molecule has 0 spiro atoms. The second-order valence-corrected chi connectivity index (χ2v) is 8.83. The molecule has 0 saturated carbocycles. The Hall–Kier alpha value is -2.94. The number of nitrogens with zero attached hydrogens (tertiary/aromatic N) is 2. The Morgan fingerprint density at radius 3 is 2.65 bits per heavy atom. The van der Waals surface area contributed by atoms with Crippen LogP contribution in [0.5, 0.6) is 0 Å². The van der Waals surface area contributed by atoms with Crippen molar-refractivity contribution in [3.63, 3.8) is 0 Å². The molecule has 0 aliphatic carbocycles. The quantitative estimate of drug-likeness (QED) is 0.670. The number of carbonyl (C=O) groups is 2. The Kier molecular flexibility index (Phi) is 5.70. The molecule has 3 N–H and O–H groups in total. The fourth-order valence-electron chi connectivity index (χ4n) is 4.37. The van der Waals surface area contributed by atoms with Gasteiger partial charge >= 0.3 is 0 Å². The standard InChI is InChI=1S/C21H23ClFN5O3/c1-10-5-11(2)9-28(8-10)21-26-18-17(20(31)27-21)13(7-16(29)25-18)19(30)24-12-3-4-15(23)14(22)6-12/h3-4,6,10-11,13H,5,7-9H2,1-2H3,(H,24,30)(H2,25,26,27,29,31)/t10-,11-,13-/m0/s1. The summed E-state index contributed by atoms with van der Waals surface area (Å²) in [6.45, 7) is 5.77. The number of amides is 2. The van der Waals surface area contributed by atoms with Crippen LogP contribution >= 0.6 is 11.6 Å². The van der Waals surface area contributed by atoms with Crippen molar-refractivity contribution in [2.24, 2.45) is 11.8 Å². The molecule has 10 heteroatoms. The first-order valence-corrected chi connectivity index (χ1v) is 10.5. The number of rotatable bonds is 3. The fraction of sp³-hybridized carbons (Fsp3) is 0.429. The molecule has 164 valence electrons. The van der Waals surface area contributed by atoms with Crippen LogP contribution in [0.25, 0.3) is 0 Å². The summed E-state index contributed by atoms with van der Waals surface area (Å²) in [6, 6.07) is 3.75. The van der Waals surface area contributed by atoms with Crippen molar-refractivity contribution in [3.8, 4) is 0 Å². The number of aromatic nitrogens is 2. The van der Waals surface area contributed by atoms with Crippen molar-refractivity contribution in [2.75, 3.05) is 28.6 Å². The molecule has 0 bridgehead atoms. The lowest BCUT2D eigenvalue weighted by Crippen LogP contribution is -2.42. The first-order valence-electron chi connectivity index (χ1n) is 10.2. The summed E-state index contributed by atoms with van der Waals surface area (Å²) in [7, 11) is 0. The zero-order valence-corrected chi connectivity index (χ0v) is 17.9. The van der Waals surface area contributed by atoms with E-state index >= 15 is 0 Å². The summed E-state index contributed by atoms with van der Waals surface area (Å²) in [5, 5.41) is 5.07. The number of carbonyl (C=O) groups excluding carboxylic acids is 2. The SMILES string of the molecule is C[C@H]1C[C@H](C)CN(c2nc3c(c(=O)[nH]2)[C@@H](C(=O)Nc2ccc(F)c(Cl)c2)CC(=O)N3)C1. The van der Waals surface area contributed by atoms with Crippen molar-refractivity contribution >= 4 is 40.9 Å². The van der Waals surface area contributed by atoms with Gasteiger partial charge in [0.2, 0.25) is 17.8 Å². The third-order valence-corrected chi connectivity index (χ3v) is 5.90. The normalized spacial score (nSPS) is 23.2. The predicted molar refractivity (Wildman–Crippen MR) is 116 cm³/mol. The van der Waals surface area contributed by atoms with E-state index in [0.29, 0.717) is 17.8 Å². The molecule has 1 fully saturated rings. The van der Waals surface area contributed by atoms with Gasteiger partial charge in [-0.15, -0.1) is 0 Å². The molecule has 8 nitrogen and oxygen atoms in total. The van der Waals surface area contributed by atoms with Gasteiger partial charge in [0.15, 0.2) is 0 Å². The van der Waals surface area contributed by atoms with Crippen LogP contribution in [0, 0.1) is 17.7 Å². The number of hydrogen-bond donors (Lipinski definition) is 3. The molecule has 0 unspecified atom stereocenters. The average Bonchev–Trinajstić information content (AvgIpc) is 2.69. The van der Waals surface area contributed by atoms with Crippen LogP contribution in [0.1, 0.15) is 38.2 Å². The first-order chi connectivity index (χ1) is 14.7. The first kappa shape index (κ1) is 21.3. The Morgan fingerprint density at radius 2 is 1.97 bits per heavy atom. The van der Waals surface area contributed by atoms with Crippen LogP contribution in [0.2, 0.25) is 5.02 Å². The van der Waals surface area contributed by atoms with Gasteiger partial charge in [-0.3, -0.25) is 19.4 Å². The summed E-state index contributed by atoms with van der Waals surface area (Å²) in [5.74, 6) is -1.25. The summed E-state index contributed by atoms with van der Waals surface area (Å²) in [4.78, 5) is 47.3. The lowest BCUT2D eigenvalue weighted by atomic mass is 9.91. The largest absolute Gasteiger partial charge is 0.342 e. The second-order valence-electron chi connectivity index (χ2n) is 8.43. The average molecular weight is 448 g/mol. The van der Waals surface area contributed by atoms with Crippen LogP contribution in [0.4, 0.5) is 21.8 Å². The molecular formula is C21H23ClFN5O3. The maximum atomic E-state index is 13.4. The van der Waals surface area contributed by atoms with Gasteiger partial charge in [-0.25, -0.2) is 4.39 Å². The molecule has 3 atom stereocenters. The van der Waals surface area contributed by atoms with Crippen LogP contribution < -0.4 is 21.1 Å². The molecule has 3 heterocycles. The summed E-state index contributed by atoms with van der Waals surface area (Å²) < 4.78 is 13.4. The number of anilines is 3. The molecule has 1 aromatic carbocycles. The van der Waals surface area contributed by atoms with E-state index < -0.39 is 29.1 Å². The van der Waals surface area contributed by atoms with Crippen LogP contribution in [0.3, 0.4) is 0 Å². The van der Waals surface area contributed by atoms with Gasteiger partial charge in [-0.2, -0.15) is 4.98 Å². The van der Waals surface area contributed by atoms with E-state index in [-0.39, 0.29) is 28.5 Å². The molecule has 0 radical (unpaired) electrons. The third-order valence-electron chi connectivity index (χ3n) is 5.61. The van der Waals surface area contributed by atoms with E-state index in [4.69, 9.17) is 11.6 Å². The van der Waals surface area contributed by atoms with E-state index in [1.54, 1.807) is 0 Å². The maximum Gasteiger partial charge on any atom is 0.258 e. The van der Waals surface area contributed by atoms with Crippen molar-refractivity contribution in [3.05, 3.63) is 45.0 Å². The smallest absolute Gasteiger partial charge is 0.258 e. The van der Waals surface area contributed by atoms with Gasteiger partial charge in [0.05, 0.1) is 16.5 Å². The summed E-state index contributed by atoms with van der Waals surface area (Å²) in [6.07, 6.45) is 0.897. The van der Waals surface area contributed by atoms with Gasteiger partial charge in [0.25, 0.3) is 5.56 Å². The number of nitrogens with one attached hydrogen (secondary N) is 3. The van der Waals surface area contributed by atoms with E-state index in [9.17, 15) is 18.8 Å². The molecule has 4 rings (SSSR count).